The third kappa shape index (κ3) is 3.34. The Labute approximate surface area is 157 Å². The normalized spacial score (nSPS) is 17.6. The number of nitrogens with zero attached hydrogens (tertiary/aromatic N) is 2. The molecule has 4 nitrogen and oxygen atoms in total. The van der Waals surface area contributed by atoms with E-state index in [4.69, 9.17) is 0 Å². The third-order valence-electron chi connectivity index (χ3n) is 5.51. The second-order valence-corrected chi connectivity index (χ2v) is 8.15. The molecule has 0 bridgehead atoms. The smallest absolute Gasteiger partial charge is 0.255 e. The number of aliphatic hydroxyl groups excluding tert-OH is 1. The first kappa shape index (κ1) is 17.5. The van der Waals surface area contributed by atoms with Crippen LogP contribution in [0.2, 0.25) is 0 Å². The van der Waals surface area contributed by atoms with Crippen LogP contribution in [0, 0.1) is 5.92 Å². The summed E-state index contributed by atoms with van der Waals surface area (Å²) in [5.41, 5.74) is 1.91. The number of rotatable bonds is 4. The largest absolute Gasteiger partial charge is 0.387 e. The molecule has 0 amide bonds. The van der Waals surface area contributed by atoms with Gasteiger partial charge in [0.05, 0.1) is 11.6 Å². The first-order chi connectivity index (χ1) is 12.6. The lowest BCUT2D eigenvalue weighted by Gasteiger charge is -2.34. The van der Waals surface area contributed by atoms with Crippen LogP contribution in [0.25, 0.3) is 10.9 Å². The molecule has 2 aromatic heterocycles. The minimum Gasteiger partial charge on any atom is -0.387 e. The Kier molecular flexibility index (Phi) is 4.94. The zero-order valence-electron chi connectivity index (χ0n) is 15.0. The van der Waals surface area contributed by atoms with Crippen molar-refractivity contribution in [2.75, 3.05) is 13.1 Å². The van der Waals surface area contributed by atoms with Crippen molar-refractivity contribution in [3.8, 4) is 0 Å². The van der Waals surface area contributed by atoms with Gasteiger partial charge in [0.25, 0.3) is 5.56 Å². The number of piperidine rings is 1. The number of aryl methyl sites for hydroxylation is 1. The maximum atomic E-state index is 12.7. The molecule has 4 rings (SSSR count). The van der Waals surface area contributed by atoms with Gasteiger partial charge in [-0.15, -0.1) is 11.3 Å². The van der Waals surface area contributed by atoms with Gasteiger partial charge in [0.1, 0.15) is 0 Å². The van der Waals surface area contributed by atoms with Crippen molar-refractivity contribution in [3.63, 3.8) is 0 Å². The molecule has 0 radical (unpaired) electrons. The van der Waals surface area contributed by atoms with Crippen LogP contribution in [0.5, 0.6) is 0 Å². The number of fused-ring (bicyclic) bond motifs is 1. The average molecular weight is 369 g/mol. The minimum absolute atomic E-state index is 0.0874. The van der Waals surface area contributed by atoms with E-state index in [1.54, 1.807) is 15.9 Å². The van der Waals surface area contributed by atoms with E-state index >= 15 is 0 Å². The van der Waals surface area contributed by atoms with Gasteiger partial charge in [-0.1, -0.05) is 24.3 Å². The predicted molar refractivity (Wildman–Crippen MR) is 106 cm³/mol. The van der Waals surface area contributed by atoms with Crippen LogP contribution < -0.4 is 5.56 Å². The number of aliphatic hydroxyl groups is 1. The molecule has 1 unspecified atom stereocenters. The zero-order chi connectivity index (χ0) is 18.1. The van der Waals surface area contributed by atoms with Crippen LogP contribution >= 0.6 is 11.3 Å². The zero-order valence-corrected chi connectivity index (χ0v) is 15.8. The van der Waals surface area contributed by atoms with Crippen molar-refractivity contribution in [1.29, 1.82) is 0 Å². The molecule has 1 saturated heterocycles. The van der Waals surface area contributed by atoms with Crippen LogP contribution in [0.15, 0.2) is 52.6 Å². The maximum Gasteiger partial charge on any atom is 0.255 e. The summed E-state index contributed by atoms with van der Waals surface area (Å²) in [6.45, 7) is 2.52. The Morgan fingerprint density at radius 2 is 1.96 bits per heavy atom. The molecule has 0 spiro atoms. The van der Waals surface area contributed by atoms with Crippen LogP contribution in [0.4, 0.5) is 0 Å². The van der Waals surface area contributed by atoms with Gasteiger partial charge >= 0.3 is 0 Å². The highest BCUT2D eigenvalue weighted by molar-refractivity contribution is 7.10. The first-order valence-corrected chi connectivity index (χ1v) is 10.0. The summed E-state index contributed by atoms with van der Waals surface area (Å²) in [6.07, 6.45) is 1.57. The molecule has 3 heterocycles. The van der Waals surface area contributed by atoms with E-state index in [1.165, 1.54) is 0 Å². The summed E-state index contributed by atoms with van der Waals surface area (Å²) in [5, 5.41) is 13.7. The van der Waals surface area contributed by atoms with E-state index in [1.807, 2.05) is 48.8 Å². The Morgan fingerprint density at radius 3 is 2.69 bits per heavy atom. The number of likely N-dealkylation sites (tertiary alicyclic amines) is 1. The fourth-order valence-electron chi connectivity index (χ4n) is 3.96. The van der Waals surface area contributed by atoms with Gasteiger partial charge in [0, 0.05) is 24.0 Å². The summed E-state index contributed by atoms with van der Waals surface area (Å²) in [6, 6.07) is 14.1. The van der Waals surface area contributed by atoms with E-state index in [2.05, 4.69) is 11.0 Å². The molecule has 3 aromatic rings. The Morgan fingerprint density at radius 1 is 1.19 bits per heavy atom. The quantitative estimate of drug-likeness (QED) is 0.766. The summed E-state index contributed by atoms with van der Waals surface area (Å²) in [4.78, 5) is 16.1. The van der Waals surface area contributed by atoms with Crippen molar-refractivity contribution < 1.29 is 5.11 Å². The second kappa shape index (κ2) is 7.35. The monoisotopic (exact) mass is 368 g/mol. The molecule has 1 N–H and O–H groups in total. The Hall–Kier alpha value is -1.95. The summed E-state index contributed by atoms with van der Waals surface area (Å²) < 4.78 is 1.75. The van der Waals surface area contributed by atoms with Crippen molar-refractivity contribution >= 4 is 22.2 Å². The Balaban J connectivity index is 1.46. The van der Waals surface area contributed by atoms with E-state index in [0.717, 1.165) is 47.3 Å². The van der Waals surface area contributed by atoms with Crippen LogP contribution in [0.3, 0.4) is 0 Å². The van der Waals surface area contributed by atoms with E-state index < -0.39 is 0 Å². The molecule has 0 saturated carbocycles. The first-order valence-electron chi connectivity index (χ1n) is 9.15. The lowest BCUT2D eigenvalue weighted by atomic mass is 9.90. The van der Waals surface area contributed by atoms with Crippen molar-refractivity contribution in [2.45, 2.75) is 25.5 Å². The molecule has 0 aliphatic carbocycles. The van der Waals surface area contributed by atoms with Gasteiger partial charge in [0.2, 0.25) is 0 Å². The molecule has 1 aromatic carbocycles. The Bertz CT molecular complexity index is 940. The molecule has 136 valence electrons. The number of thiophene rings is 1. The van der Waals surface area contributed by atoms with Crippen LogP contribution in [-0.2, 0) is 13.6 Å². The molecular formula is C21H24N2O2S. The minimum atomic E-state index is -0.356. The lowest BCUT2D eigenvalue weighted by Crippen LogP contribution is -2.37. The highest BCUT2D eigenvalue weighted by Gasteiger charge is 2.27. The van der Waals surface area contributed by atoms with Gasteiger partial charge < -0.3 is 9.67 Å². The number of benzene rings is 1. The van der Waals surface area contributed by atoms with Crippen LogP contribution in [0.1, 0.15) is 29.4 Å². The van der Waals surface area contributed by atoms with E-state index in [-0.39, 0.29) is 11.7 Å². The molecule has 1 fully saturated rings. The standard InChI is InChI=1S/C21H24N2O2S/c1-22-18-6-3-2-5-16(18)13-17(21(22)25)14-23-10-8-15(9-11-23)20(24)19-7-4-12-26-19/h2-7,12-13,15,20,24H,8-11,14H2,1H3. The second-order valence-electron chi connectivity index (χ2n) is 7.17. The van der Waals surface area contributed by atoms with E-state index in [9.17, 15) is 9.90 Å². The van der Waals surface area contributed by atoms with E-state index in [0.29, 0.717) is 12.5 Å². The summed E-state index contributed by atoms with van der Waals surface area (Å²) in [5.74, 6) is 0.310. The topological polar surface area (TPSA) is 45.5 Å². The van der Waals surface area contributed by atoms with Crippen molar-refractivity contribution in [1.82, 2.24) is 9.47 Å². The molecule has 1 atom stereocenters. The predicted octanol–water partition coefficient (Wildman–Crippen LogP) is 3.55. The summed E-state index contributed by atoms with van der Waals surface area (Å²) in [7, 11) is 1.85. The molecule has 1 aliphatic rings. The number of aromatic nitrogens is 1. The molecular weight excluding hydrogens is 344 g/mol. The van der Waals surface area contributed by atoms with Crippen molar-refractivity contribution in [3.05, 3.63) is 68.6 Å². The molecule has 26 heavy (non-hydrogen) atoms. The number of para-hydroxylation sites is 1. The molecule has 5 heteroatoms. The average Bonchev–Trinajstić information content (AvgIpc) is 3.21. The van der Waals surface area contributed by atoms with Gasteiger partial charge in [-0.05, 0) is 60.8 Å². The highest BCUT2D eigenvalue weighted by Crippen LogP contribution is 2.33. The lowest BCUT2D eigenvalue weighted by molar-refractivity contribution is 0.0589. The van der Waals surface area contributed by atoms with Crippen LogP contribution in [-0.4, -0.2) is 27.7 Å². The van der Waals surface area contributed by atoms with Gasteiger partial charge in [-0.2, -0.15) is 0 Å². The maximum absolute atomic E-state index is 12.7. The van der Waals surface area contributed by atoms with Gasteiger partial charge in [-0.25, -0.2) is 0 Å². The van der Waals surface area contributed by atoms with Crippen molar-refractivity contribution in [2.24, 2.45) is 13.0 Å². The number of hydrogen-bond acceptors (Lipinski definition) is 4. The number of pyridine rings is 1. The third-order valence-corrected chi connectivity index (χ3v) is 6.46. The highest BCUT2D eigenvalue weighted by atomic mass is 32.1. The SMILES string of the molecule is Cn1c(=O)c(CN2CCC(C(O)c3cccs3)CC2)cc2ccccc21. The fraction of sp³-hybridized carbons (Fsp3) is 0.381. The van der Waals surface area contributed by atoms with Gasteiger partial charge in [0.15, 0.2) is 0 Å². The fourth-order valence-corrected chi connectivity index (χ4v) is 4.77. The number of hydrogen-bond donors (Lipinski definition) is 1. The summed E-state index contributed by atoms with van der Waals surface area (Å²) >= 11 is 1.63. The van der Waals surface area contributed by atoms with Gasteiger partial charge in [-0.3, -0.25) is 9.69 Å². The molecule has 1 aliphatic heterocycles.